The van der Waals surface area contributed by atoms with Crippen LogP contribution in [0.1, 0.15) is 29.0 Å². The number of anilines is 1. The molecule has 4 rings (SSSR count). The fourth-order valence-electron chi connectivity index (χ4n) is 5.19. The number of alkyl halides is 3. The highest BCUT2D eigenvalue weighted by molar-refractivity contribution is 5.98. The Balaban J connectivity index is 1.41. The molecule has 14 heteroatoms. The van der Waals surface area contributed by atoms with E-state index in [4.69, 9.17) is 14.2 Å². The molecule has 0 spiro atoms. The first kappa shape index (κ1) is 35.2. The van der Waals surface area contributed by atoms with Crippen LogP contribution in [0.4, 0.5) is 32.8 Å². The van der Waals surface area contributed by atoms with Crippen molar-refractivity contribution in [2.24, 2.45) is 0 Å². The number of rotatable bonds is 12. The molecule has 0 bridgehead atoms. The van der Waals surface area contributed by atoms with Gasteiger partial charge in [0.2, 0.25) is 5.91 Å². The molecule has 47 heavy (non-hydrogen) atoms. The van der Waals surface area contributed by atoms with Crippen LogP contribution in [0.2, 0.25) is 0 Å². The van der Waals surface area contributed by atoms with Gasteiger partial charge in [0.1, 0.15) is 25.0 Å². The zero-order valence-electron chi connectivity index (χ0n) is 25.5. The summed E-state index contributed by atoms with van der Waals surface area (Å²) >= 11 is 0. The van der Waals surface area contributed by atoms with E-state index in [9.17, 15) is 27.6 Å². The van der Waals surface area contributed by atoms with E-state index in [2.05, 4.69) is 16.0 Å². The molecule has 3 aromatic carbocycles. The number of hydrogen-bond acceptors (Lipinski definition) is 7. The van der Waals surface area contributed by atoms with Gasteiger partial charge < -0.3 is 35.5 Å². The maximum atomic E-state index is 15.2. The molecule has 0 aliphatic carbocycles. The van der Waals surface area contributed by atoms with Crippen LogP contribution in [0.25, 0.3) is 0 Å². The average Bonchev–Trinajstić information content (AvgIpc) is 3.07. The van der Waals surface area contributed by atoms with Crippen molar-refractivity contribution in [1.29, 1.82) is 0 Å². The Morgan fingerprint density at radius 3 is 2.19 bits per heavy atom. The van der Waals surface area contributed by atoms with Crippen molar-refractivity contribution in [1.82, 2.24) is 16.0 Å². The van der Waals surface area contributed by atoms with Crippen molar-refractivity contribution in [3.63, 3.8) is 0 Å². The molecule has 0 aromatic heterocycles. The number of carbonyl (C=O) groups excluding carboxylic acids is 3. The first-order chi connectivity index (χ1) is 22.5. The van der Waals surface area contributed by atoms with Crippen LogP contribution < -0.4 is 21.3 Å². The van der Waals surface area contributed by atoms with E-state index in [-0.39, 0.29) is 37.0 Å². The van der Waals surface area contributed by atoms with Gasteiger partial charge in [-0.25, -0.2) is 14.0 Å². The molecule has 1 heterocycles. The molecule has 0 unspecified atom stereocenters. The second-order valence-corrected chi connectivity index (χ2v) is 10.8. The minimum Gasteiger partial charge on any atom is -0.453 e. The van der Waals surface area contributed by atoms with E-state index in [0.29, 0.717) is 13.0 Å². The van der Waals surface area contributed by atoms with Crippen molar-refractivity contribution >= 4 is 23.8 Å². The van der Waals surface area contributed by atoms with E-state index < -0.39 is 54.6 Å². The Hall–Kier alpha value is -4.69. The number of morpholine rings is 1. The third-order valence-electron chi connectivity index (χ3n) is 7.50. The molecule has 3 amide bonds. The zero-order valence-corrected chi connectivity index (χ0v) is 25.5. The van der Waals surface area contributed by atoms with Crippen molar-refractivity contribution < 1.29 is 46.2 Å². The number of hydrogen-bond donors (Lipinski definition) is 4. The number of amides is 3. The molecule has 1 fully saturated rings. The third-order valence-corrected chi connectivity index (χ3v) is 7.50. The van der Waals surface area contributed by atoms with Gasteiger partial charge in [0, 0.05) is 23.7 Å². The van der Waals surface area contributed by atoms with Crippen molar-refractivity contribution in [2.75, 3.05) is 38.7 Å². The first-order valence-electron chi connectivity index (χ1n) is 14.9. The predicted octanol–water partition coefficient (Wildman–Crippen LogP) is 4.90. The van der Waals surface area contributed by atoms with Crippen molar-refractivity contribution in [3.8, 4) is 0 Å². The molecule has 3 atom stereocenters. The van der Waals surface area contributed by atoms with Gasteiger partial charge in [0.15, 0.2) is 0 Å². The fraction of sp³-hybridized carbons (Fsp3) is 0.364. The number of ether oxygens (including phenoxy) is 3. The van der Waals surface area contributed by atoms with Crippen LogP contribution in [0.15, 0.2) is 78.9 Å². The van der Waals surface area contributed by atoms with Crippen LogP contribution in [0, 0.1) is 5.82 Å². The smallest absolute Gasteiger partial charge is 0.407 e. The number of carbonyl (C=O) groups is 3. The largest absolute Gasteiger partial charge is 0.453 e. The lowest BCUT2D eigenvalue weighted by Gasteiger charge is -2.30. The van der Waals surface area contributed by atoms with Crippen LogP contribution in [-0.4, -0.2) is 75.9 Å². The molecule has 0 radical (unpaired) electrons. The minimum absolute atomic E-state index is 0.110. The van der Waals surface area contributed by atoms with Gasteiger partial charge in [0.05, 0.1) is 25.9 Å². The van der Waals surface area contributed by atoms with Gasteiger partial charge in [-0.15, -0.1) is 0 Å². The molecular formula is C33H36F4N4O6. The Morgan fingerprint density at radius 1 is 0.957 bits per heavy atom. The molecule has 1 aliphatic heterocycles. The van der Waals surface area contributed by atoms with Crippen LogP contribution >= 0.6 is 0 Å². The lowest BCUT2D eigenvalue weighted by Crippen LogP contribution is -2.49. The van der Waals surface area contributed by atoms with E-state index in [1.807, 2.05) is 60.7 Å². The Morgan fingerprint density at radius 2 is 1.62 bits per heavy atom. The summed E-state index contributed by atoms with van der Waals surface area (Å²) in [6, 6.07) is 21.1. The second-order valence-electron chi connectivity index (χ2n) is 10.8. The highest BCUT2D eigenvalue weighted by atomic mass is 19.4. The monoisotopic (exact) mass is 660 g/mol. The SMILES string of the molecule is COC(=O)N[C@H](C(=O)Nc1cccc(F)c1CC[C@@H]1CN[C@H](COC(=O)NCC(F)(F)F)CO1)C(c1ccccc1)c1ccccc1. The summed E-state index contributed by atoms with van der Waals surface area (Å²) in [6.45, 7) is -1.27. The molecule has 4 N–H and O–H groups in total. The number of alkyl carbamates (subject to hydrolysis) is 2. The predicted molar refractivity (Wildman–Crippen MR) is 164 cm³/mol. The van der Waals surface area contributed by atoms with Gasteiger partial charge in [0.25, 0.3) is 0 Å². The number of halogens is 4. The molecule has 252 valence electrons. The normalized spacial score (nSPS) is 17.0. The summed E-state index contributed by atoms with van der Waals surface area (Å²) in [4.78, 5) is 37.9. The summed E-state index contributed by atoms with van der Waals surface area (Å²) in [5, 5.41) is 10.2. The summed E-state index contributed by atoms with van der Waals surface area (Å²) in [7, 11) is 1.20. The molecule has 0 saturated carbocycles. The van der Waals surface area contributed by atoms with Crippen LogP contribution in [0.5, 0.6) is 0 Å². The summed E-state index contributed by atoms with van der Waals surface area (Å²) in [6.07, 6.45) is -6.36. The molecular weight excluding hydrogens is 624 g/mol. The first-order valence-corrected chi connectivity index (χ1v) is 14.9. The highest BCUT2D eigenvalue weighted by Crippen LogP contribution is 2.30. The average molecular weight is 661 g/mol. The van der Waals surface area contributed by atoms with E-state index in [1.165, 1.54) is 19.2 Å². The van der Waals surface area contributed by atoms with E-state index >= 15 is 4.39 Å². The van der Waals surface area contributed by atoms with Gasteiger partial charge in [-0.3, -0.25) is 4.79 Å². The summed E-state index contributed by atoms with van der Waals surface area (Å²) in [5.74, 6) is -1.73. The highest BCUT2D eigenvalue weighted by Gasteiger charge is 2.34. The Labute approximate surface area is 269 Å². The molecule has 3 aromatic rings. The number of methoxy groups -OCH3 is 1. The van der Waals surface area contributed by atoms with Crippen LogP contribution in [0.3, 0.4) is 0 Å². The maximum absolute atomic E-state index is 15.2. The van der Waals surface area contributed by atoms with E-state index in [1.54, 1.807) is 11.4 Å². The topological polar surface area (TPSA) is 127 Å². The molecule has 1 aliphatic rings. The Kier molecular flexibility index (Phi) is 12.5. The van der Waals surface area contributed by atoms with Crippen molar-refractivity contribution in [3.05, 3.63) is 101 Å². The standard InChI is InChI=1S/C33H36F4N4O6/c1-45-32(44)41-29(28(21-9-4-2-5-10-21)22-11-6-3-7-12-22)30(42)40-27-14-8-13-26(34)25(27)16-15-24-17-38-23(18-46-24)19-47-31(43)39-20-33(35,36)37/h2-14,23-24,28-29,38H,15-20H2,1H3,(H,39,43)(H,40,42)(H,41,44)/t23-,24+,29-/m0/s1. The van der Waals surface area contributed by atoms with Gasteiger partial charge in [-0.05, 0) is 36.1 Å². The fourth-order valence-corrected chi connectivity index (χ4v) is 5.19. The number of nitrogens with one attached hydrogen (secondary N) is 4. The maximum Gasteiger partial charge on any atom is 0.407 e. The van der Waals surface area contributed by atoms with Crippen molar-refractivity contribution in [2.45, 2.75) is 43.1 Å². The Bertz CT molecular complexity index is 1430. The third kappa shape index (κ3) is 10.7. The lowest BCUT2D eigenvalue weighted by molar-refractivity contribution is -0.124. The number of benzene rings is 3. The zero-order chi connectivity index (χ0) is 33.8. The van der Waals surface area contributed by atoms with Crippen LogP contribution in [-0.2, 0) is 25.4 Å². The minimum atomic E-state index is -4.55. The van der Waals surface area contributed by atoms with Gasteiger partial charge in [-0.2, -0.15) is 13.2 Å². The second kappa shape index (κ2) is 16.7. The van der Waals surface area contributed by atoms with E-state index in [0.717, 1.165) is 11.1 Å². The quantitative estimate of drug-likeness (QED) is 0.204. The van der Waals surface area contributed by atoms with Gasteiger partial charge in [-0.1, -0.05) is 66.7 Å². The molecule has 1 saturated heterocycles. The lowest BCUT2D eigenvalue weighted by atomic mass is 9.84. The molecule has 10 nitrogen and oxygen atoms in total. The summed E-state index contributed by atoms with van der Waals surface area (Å²) < 4.78 is 67.4. The summed E-state index contributed by atoms with van der Waals surface area (Å²) in [5.41, 5.74) is 2.00. The van der Waals surface area contributed by atoms with Gasteiger partial charge >= 0.3 is 18.4 Å².